The molecule has 1 aromatic rings. The van der Waals surface area contributed by atoms with Crippen LogP contribution in [0.15, 0.2) is 30.4 Å². The molecule has 0 aliphatic carbocycles. The molecule has 0 bridgehead atoms. The maximum Gasteiger partial charge on any atom is 0.257 e. The second kappa shape index (κ2) is 7.54. The smallest absolute Gasteiger partial charge is 0.257 e. The summed E-state index contributed by atoms with van der Waals surface area (Å²) in [7, 11) is 0. The van der Waals surface area contributed by atoms with Gasteiger partial charge >= 0.3 is 0 Å². The number of benzene rings is 1. The van der Waals surface area contributed by atoms with Crippen molar-refractivity contribution >= 4 is 5.91 Å². The molecule has 0 atom stereocenters. The molecule has 0 saturated heterocycles. The van der Waals surface area contributed by atoms with Crippen LogP contribution in [0.3, 0.4) is 0 Å². The zero-order valence-electron chi connectivity index (χ0n) is 11.3. The molecule has 0 saturated carbocycles. The van der Waals surface area contributed by atoms with Crippen molar-refractivity contribution in [1.82, 2.24) is 5.32 Å². The molecule has 1 aromatic carbocycles. The Morgan fingerprint density at radius 2 is 2.17 bits per heavy atom. The van der Waals surface area contributed by atoms with E-state index in [2.05, 4.69) is 5.32 Å². The highest BCUT2D eigenvalue weighted by molar-refractivity contribution is 5.77. The van der Waals surface area contributed by atoms with Gasteiger partial charge in [0.2, 0.25) is 0 Å². The normalized spacial score (nSPS) is 10.6. The second-order valence-electron chi connectivity index (χ2n) is 4.19. The molecule has 1 amide bonds. The van der Waals surface area contributed by atoms with Crippen molar-refractivity contribution in [3.05, 3.63) is 41.5 Å². The summed E-state index contributed by atoms with van der Waals surface area (Å²) in [5.41, 5.74) is 2.25. The van der Waals surface area contributed by atoms with Crippen molar-refractivity contribution in [2.24, 2.45) is 0 Å². The van der Waals surface area contributed by atoms with E-state index < -0.39 is 0 Å². The first-order valence-corrected chi connectivity index (χ1v) is 6.22. The zero-order valence-corrected chi connectivity index (χ0v) is 11.3. The molecule has 0 aliphatic rings. The Labute approximate surface area is 109 Å². The third-order valence-electron chi connectivity index (χ3n) is 2.78. The Morgan fingerprint density at radius 1 is 1.39 bits per heavy atom. The molecule has 0 fully saturated rings. The van der Waals surface area contributed by atoms with Crippen LogP contribution in [0.2, 0.25) is 0 Å². The first-order valence-electron chi connectivity index (χ1n) is 6.22. The molecular weight excluding hydrogens is 226 g/mol. The quantitative estimate of drug-likeness (QED) is 0.620. The molecule has 18 heavy (non-hydrogen) atoms. The molecule has 0 unspecified atom stereocenters. The van der Waals surface area contributed by atoms with Crippen molar-refractivity contribution < 1.29 is 9.53 Å². The Hall–Kier alpha value is -1.77. The van der Waals surface area contributed by atoms with Gasteiger partial charge in [0.25, 0.3) is 5.91 Å². The lowest BCUT2D eigenvalue weighted by atomic mass is 10.1. The molecule has 1 N–H and O–H groups in total. The van der Waals surface area contributed by atoms with Crippen LogP contribution in [0, 0.1) is 13.8 Å². The Balaban J connectivity index is 2.36. The fraction of sp³-hybridized carbons (Fsp3) is 0.400. The molecule has 3 nitrogen and oxygen atoms in total. The number of hydrogen-bond acceptors (Lipinski definition) is 2. The summed E-state index contributed by atoms with van der Waals surface area (Å²) in [6, 6.07) is 5.84. The van der Waals surface area contributed by atoms with E-state index in [1.807, 2.05) is 51.1 Å². The third-order valence-corrected chi connectivity index (χ3v) is 2.78. The van der Waals surface area contributed by atoms with Crippen LogP contribution in [0.4, 0.5) is 0 Å². The van der Waals surface area contributed by atoms with E-state index >= 15 is 0 Å². The predicted molar refractivity (Wildman–Crippen MR) is 73.9 cm³/mol. The van der Waals surface area contributed by atoms with E-state index in [0.29, 0.717) is 6.54 Å². The number of nitrogens with one attached hydrogen (secondary N) is 1. The average Bonchev–Trinajstić information content (AvgIpc) is 2.36. The van der Waals surface area contributed by atoms with E-state index in [-0.39, 0.29) is 12.5 Å². The van der Waals surface area contributed by atoms with Crippen LogP contribution in [0.5, 0.6) is 5.75 Å². The van der Waals surface area contributed by atoms with E-state index in [9.17, 15) is 4.79 Å². The number of allylic oxidation sites excluding steroid dienone is 1. The maximum absolute atomic E-state index is 11.5. The number of carbonyl (C=O) groups is 1. The molecule has 0 aromatic heterocycles. The predicted octanol–water partition coefficient (Wildman–Crippen LogP) is 2.76. The van der Waals surface area contributed by atoms with E-state index in [1.54, 1.807) is 0 Å². The molecule has 0 radical (unpaired) electrons. The number of amides is 1. The van der Waals surface area contributed by atoms with Gasteiger partial charge in [-0.05, 0) is 44.4 Å². The fourth-order valence-electron chi connectivity index (χ4n) is 1.54. The van der Waals surface area contributed by atoms with Crippen LogP contribution in [-0.4, -0.2) is 19.1 Å². The van der Waals surface area contributed by atoms with Gasteiger partial charge in [0, 0.05) is 6.54 Å². The van der Waals surface area contributed by atoms with Gasteiger partial charge in [-0.15, -0.1) is 0 Å². The molecular formula is C15H21NO2. The van der Waals surface area contributed by atoms with E-state index in [1.165, 1.54) is 5.56 Å². The molecule has 0 heterocycles. The van der Waals surface area contributed by atoms with E-state index in [0.717, 1.165) is 17.7 Å². The fourth-order valence-corrected chi connectivity index (χ4v) is 1.54. The van der Waals surface area contributed by atoms with E-state index in [4.69, 9.17) is 4.74 Å². The van der Waals surface area contributed by atoms with Crippen molar-refractivity contribution in [1.29, 1.82) is 0 Å². The molecule has 1 rings (SSSR count). The minimum Gasteiger partial charge on any atom is -0.483 e. The van der Waals surface area contributed by atoms with Gasteiger partial charge in [-0.25, -0.2) is 0 Å². The van der Waals surface area contributed by atoms with Crippen LogP contribution in [-0.2, 0) is 4.79 Å². The monoisotopic (exact) mass is 247 g/mol. The lowest BCUT2D eigenvalue weighted by molar-refractivity contribution is -0.123. The first kappa shape index (κ1) is 14.3. The van der Waals surface area contributed by atoms with Gasteiger partial charge in [0.1, 0.15) is 5.75 Å². The molecule has 3 heteroatoms. The lowest BCUT2D eigenvalue weighted by Crippen LogP contribution is -2.29. The van der Waals surface area contributed by atoms with Gasteiger partial charge in [0.15, 0.2) is 6.61 Å². The lowest BCUT2D eigenvalue weighted by Gasteiger charge is -2.10. The Bertz CT molecular complexity index is 425. The average molecular weight is 247 g/mol. The minimum absolute atomic E-state index is 0.0696. The first-order chi connectivity index (χ1) is 8.65. The summed E-state index contributed by atoms with van der Waals surface area (Å²) in [6.07, 6.45) is 4.84. The number of rotatable bonds is 6. The second-order valence-corrected chi connectivity index (χ2v) is 4.19. The summed E-state index contributed by atoms with van der Waals surface area (Å²) in [5.74, 6) is 0.694. The summed E-state index contributed by atoms with van der Waals surface area (Å²) in [6.45, 7) is 6.71. The highest BCUT2D eigenvalue weighted by atomic mass is 16.5. The summed E-state index contributed by atoms with van der Waals surface area (Å²) in [4.78, 5) is 11.5. The summed E-state index contributed by atoms with van der Waals surface area (Å²) < 4.78 is 5.51. The third kappa shape index (κ3) is 4.62. The molecule has 98 valence electrons. The van der Waals surface area contributed by atoms with Crippen LogP contribution in [0.25, 0.3) is 0 Å². The highest BCUT2D eigenvalue weighted by Gasteiger charge is 2.05. The largest absolute Gasteiger partial charge is 0.483 e. The van der Waals surface area contributed by atoms with Crippen molar-refractivity contribution in [3.63, 3.8) is 0 Å². The number of hydrogen-bond donors (Lipinski definition) is 1. The topological polar surface area (TPSA) is 38.3 Å². The number of aryl methyl sites for hydroxylation is 1. The van der Waals surface area contributed by atoms with Crippen LogP contribution in [0.1, 0.15) is 24.5 Å². The van der Waals surface area contributed by atoms with Gasteiger partial charge < -0.3 is 10.1 Å². The Kier molecular flexibility index (Phi) is 5.98. The standard InChI is InChI=1S/C15H21NO2/c1-4-5-6-10-16-15(17)11-18-14-9-7-8-12(2)13(14)3/h4-5,7-9H,6,10-11H2,1-3H3,(H,16,17)/b5-4+. The highest BCUT2D eigenvalue weighted by Crippen LogP contribution is 2.20. The van der Waals surface area contributed by atoms with Crippen molar-refractivity contribution in [2.45, 2.75) is 27.2 Å². The zero-order chi connectivity index (χ0) is 13.4. The van der Waals surface area contributed by atoms with Crippen LogP contribution < -0.4 is 10.1 Å². The number of carbonyl (C=O) groups excluding carboxylic acids is 1. The van der Waals surface area contributed by atoms with Crippen molar-refractivity contribution in [2.75, 3.05) is 13.2 Å². The van der Waals surface area contributed by atoms with Crippen molar-refractivity contribution in [3.8, 4) is 5.75 Å². The maximum atomic E-state index is 11.5. The summed E-state index contributed by atoms with van der Waals surface area (Å²) >= 11 is 0. The van der Waals surface area contributed by atoms with Crippen LogP contribution >= 0.6 is 0 Å². The SMILES string of the molecule is C/C=C/CCNC(=O)COc1cccc(C)c1C. The molecule has 0 aliphatic heterocycles. The van der Waals surface area contributed by atoms with Gasteiger partial charge in [-0.2, -0.15) is 0 Å². The van der Waals surface area contributed by atoms with Gasteiger partial charge in [-0.1, -0.05) is 24.3 Å². The molecule has 0 spiro atoms. The van der Waals surface area contributed by atoms with Gasteiger partial charge in [0.05, 0.1) is 0 Å². The minimum atomic E-state index is -0.0830. The Morgan fingerprint density at radius 3 is 2.89 bits per heavy atom. The summed E-state index contributed by atoms with van der Waals surface area (Å²) in [5, 5.41) is 2.81. The van der Waals surface area contributed by atoms with Gasteiger partial charge in [-0.3, -0.25) is 4.79 Å². The number of ether oxygens (including phenoxy) is 1.